The number of rotatable bonds is 11. The summed E-state index contributed by atoms with van der Waals surface area (Å²) in [5, 5.41) is 0. The molecule has 0 aliphatic carbocycles. The molecule has 0 fully saturated rings. The highest BCUT2D eigenvalue weighted by Crippen LogP contribution is 2.41. The molecule has 0 amide bonds. The monoisotopic (exact) mass is 251 g/mol. The van der Waals surface area contributed by atoms with E-state index in [-0.39, 0.29) is 0 Å². The molecule has 5 heteroatoms. The van der Waals surface area contributed by atoms with Gasteiger partial charge in [-0.3, -0.25) is 4.57 Å². The predicted octanol–water partition coefficient (Wildman–Crippen LogP) is 3.86. The van der Waals surface area contributed by atoms with E-state index in [9.17, 15) is 4.57 Å². The molecule has 0 radical (unpaired) electrons. The molecule has 0 aliphatic rings. The van der Waals surface area contributed by atoms with Crippen molar-refractivity contribution in [3.63, 3.8) is 0 Å². The molecule has 0 aliphatic heterocycles. The van der Waals surface area contributed by atoms with Crippen LogP contribution in [0.2, 0.25) is 0 Å². The quantitative estimate of drug-likeness (QED) is 0.344. The van der Waals surface area contributed by atoms with Crippen molar-refractivity contribution in [1.82, 2.24) is 0 Å². The van der Waals surface area contributed by atoms with Crippen LogP contribution >= 0.6 is 7.60 Å². The first-order chi connectivity index (χ1) is 7.62. The smallest absolute Gasteiger partial charge is 0.308 e. The summed E-state index contributed by atoms with van der Waals surface area (Å²) >= 11 is 0. The summed E-state index contributed by atoms with van der Waals surface area (Å²) in [6.07, 6.45) is 9.87. The van der Waals surface area contributed by atoms with E-state index in [4.69, 9.17) is 10.4 Å². The van der Waals surface area contributed by atoms with E-state index in [0.717, 1.165) is 12.8 Å². The van der Waals surface area contributed by atoms with Crippen LogP contribution in [0.4, 0.5) is 0 Å². The fourth-order valence-electron chi connectivity index (χ4n) is 1.50. The number of hydrogen-bond acceptors (Lipinski definition) is 4. The van der Waals surface area contributed by atoms with E-state index >= 15 is 0 Å². The molecule has 0 aromatic rings. The summed E-state index contributed by atoms with van der Waals surface area (Å²) in [5.74, 6) is 4.83. The zero-order valence-corrected chi connectivity index (χ0v) is 11.5. The number of unbranched alkanes of at least 4 members (excludes halogenated alkanes) is 7. The highest BCUT2D eigenvalue weighted by Gasteiger charge is 2.13. The van der Waals surface area contributed by atoms with Gasteiger partial charge in [0.05, 0.1) is 6.61 Å². The molecule has 1 unspecified atom stereocenters. The van der Waals surface area contributed by atoms with Gasteiger partial charge in [-0.1, -0.05) is 51.9 Å². The molecule has 0 heterocycles. The van der Waals surface area contributed by atoms with Crippen molar-refractivity contribution in [1.29, 1.82) is 0 Å². The molecule has 0 saturated carbocycles. The highest BCUT2D eigenvalue weighted by atomic mass is 31.2. The largest absolute Gasteiger partial charge is 0.343 e. The van der Waals surface area contributed by atoms with Gasteiger partial charge in [0.2, 0.25) is 0 Å². The lowest BCUT2D eigenvalue weighted by atomic mass is 10.1. The Bertz CT molecular complexity index is 200. The normalized spacial score (nSPS) is 14.9. The molecule has 2 N–H and O–H groups in total. The Morgan fingerprint density at radius 1 is 1.00 bits per heavy atom. The van der Waals surface area contributed by atoms with Gasteiger partial charge in [0.15, 0.2) is 0 Å². The Hall–Kier alpha value is 0.110. The molecule has 0 aromatic heterocycles. The maximum absolute atomic E-state index is 11.2. The van der Waals surface area contributed by atoms with E-state index in [2.05, 4.69) is 11.5 Å². The van der Waals surface area contributed by atoms with Crippen molar-refractivity contribution in [2.24, 2.45) is 5.90 Å². The van der Waals surface area contributed by atoms with Crippen molar-refractivity contribution < 1.29 is 13.7 Å². The average molecular weight is 251 g/mol. The summed E-state index contributed by atoms with van der Waals surface area (Å²) in [6, 6.07) is 0. The Kier molecular flexibility index (Phi) is 10.3. The molecule has 98 valence electrons. The van der Waals surface area contributed by atoms with Crippen LogP contribution in [0.3, 0.4) is 0 Å². The molecular weight excluding hydrogens is 225 g/mol. The van der Waals surface area contributed by atoms with E-state index in [1.807, 2.05) is 0 Å². The molecule has 0 saturated heterocycles. The third kappa shape index (κ3) is 10.6. The minimum absolute atomic E-state index is 0.472. The van der Waals surface area contributed by atoms with Gasteiger partial charge >= 0.3 is 7.60 Å². The number of nitrogens with two attached hydrogens (primary N) is 1. The lowest BCUT2D eigenvalue weighted by Crippen LogP contribution is -2.00. The topological polar surface area (TPSA) is 61.5 Å². The first-order valence-corrected chi connectivity index (χ1v) is 8.22. The summed E-state index contributed by atoms with van der Waals surface area (Å²) in [7, 11) is -2.97. The van der Waals surface area contributed by atoms with Gasteiger partial charge in [-0.05, 0) is 6.42 Å². The second-order valence-electron chi connectivity index (χ2n) is 4.18. The van der Waals surface area contributed by atoms with Crippen molar-refractivity contribution in [2.45, 2.75) is 58.3 Å². The standard InChI is InChI=1S/C11H26NO3P/c1-3-4-5-6-7-8-9-10-11-14-16(2,13)15-12/h3-12H2,1-2H3. The van der Waals surface area contributed by atoms with Crippen molar-refractivity contribution in [3.8, 4) is 0 Å². The minimum Gasteiger partial charge on any atom is -0.308 e. The number of hydrogen-bond donors (Lipinski definition) is 1. The van der Waals surface area contributed by atoms with Crippen LogP contribution in [0.5, 0.6) is 0 Å². The van der Waals surface area contributed by atoms with E-state index in [0.29, 0.717) is 6.61 Å². The average Bonchev–Trinajstić information content (AvgIpc) is 2.27. The minimum atomic E-state index is -2.97. The Balaban J connectivity index is 3.13. The van der Waals surface area contributed by atoms with Gasteiger partial charge in [0.1, 0.15) is 0 Å². The predicted molar refractivity (Wildman–Crippen MR) is 67.4 cm³/mol. The first-order valence-electron chi connectivity index (χ1n) is 6.23. The molecular formula is C11H26NO3P. The van der Waals surface area contributed by atoms with Crippen molar-refractivity contribution in [2.75, 3.05) is 13.3 Å². The maximum atomic E-state index is 11.2. The first kappa shape index (κ1) is 16.1. The van der Waals surface area contributed by atoms with Crippen LogP contribution in [-0.2, 0) is 13.7 Å². The Morgan fingerprint density at radius 2 is 1.50 bits per heavy atom. The zero-order valence-electron chi connectivity index (χ0n) is 10.6. The van der Waals surface area contributed by atoms with Crippen molar-refractivity contribution >= 4 is 7.60 Å². The van der Waals surface area contributed by atoms with Crippen LogP contribution < -0.4 is 5.90 Å². The van der Waals surface area contributed by atoms with Crippen molar-refractivity contribution in [3.05, 3.63) is 0 Å². The second-order valence-corrected chi connectivity index (χ2v) is 6.20. The van der Waals surface area contributed by atoms with Crippen LogP contribution in [0.15, 0.2) is 0 Å². The molecule has 4 nitrogen and oxygen atoms in total. The Morgan fingerprint density at radius 3 is 2.00 bits per heavy atom. The van der Waals surface area contributed by atoms with Gasteiger partial charge in [-0.25, -0.2) is 10.5 Å². The van der Waals surface area contributed by atoms with Crippen LogP contribution in [0.1, 0.15) is 58.3 Å². The van der Waals surface area contributed by atoms with Gasteiger partial charge in [0, 0.05) is 6.66 Å². The lowest BCUT2D eigenvalue weighted by molar-refractivity contribution is 0.209. The van der Waals surface area contributed by atoms with Crippen LogP contribution in [-0.4, -0.2) is 13.3 Å². The molecule has 0 spiro atoms. The van der Waals surface area contributed by atoms with E-state index < -0.39 is 7.60 Å². The molecule has 0 bridgehead atoms. The summed E-state index contributed by atoms with van der Waals surface area (Å²) < 4.78 is 20.5. The Labute approximate surface area is 99.4 Å². The van der Waals surface area contributed by atoms with Crippen LogP contribution in [0.25, 0.3) is 0 Å². The van der Waals surface area contributed by atoms with Gasteiger partial charge in [0.25, 0.3) is 0 Å². The highest BCUT2D eigenvalue weighted by molar-refractivity contribution is 7.52. The lowest BCUT2D eigenvalue weighted by Gasteiger charge is -2.09. The molecule has 0 rings (SSSR count). The second kappa shape index (κ2) is 10.3. The fourth-order valence-corrected chi connectivity index (χ4v) is 2.02. The molecule has 0 aromatic carbocycles. The van der Waals surface area contributed by atoms with Gasteiger partial charge < -0.3 is 4.52 Å². The van der Waals surface area contributed by atoms with E-state index in [1.165, 1.54) is 45.2 Å². The van der Waals surface area contributed by atoms with Crippen LogP contribution in [0, 0.1) is 0 Å². The SMILES string of the molecule is CCCCCCCCCCOP(C)(=O)ON. The summed E-state index contributed by atoms with van der Waals surface area (Å²) in [5.41, 5.74) is 0. The van der Waals surface area contributed by atoms with Gasteiger partial charge in [-0.15, -0.1) is 0 Å². The third-order valence-corrected chi connectivity index (χ3v) is 3.55. The van der Waals surface area contributed by atoms with Gasteiger partial charge in [-0.2, -0.15) is 0 Å². The fraction of sp³-hybridized carbons (Fsp3) is 1.00. The molecule has 16 heavy (non-hydrogen) atoms. The summed E-state index contributed by atoms with van der Waals surface area (Å²) in [4.78, 5) is 0. The third-order valence-electron chi connectivity index (χ3n) is 2.52. The van der Waals surface area contributed by atoms with E-state index in [1.54, 1.807) is 0 Å². The molecule has 1 atom stereocenters. The zero-order chi connectivity index (χ0) is 12.3. The summed E-state index contributed by atoms with van der Waals surface area (Å²) in [6.45, 7) is 4.08. The maximum Gasteiger partial charge on any atom is 0.343 e.